The number of carbonyl (C=O) groups excluding carboxylic acids is 1. The highest BCUT2D eigenvalue weighted by Gasteiger charge is 2.36. The van der Waals surface area contributed by atoms with Crippen molar-refractivity contribution in [3.63, 3.8) is 0 Å². The number of carboxylic acids is 2. The van der Waals surface area contributed by atoms with Crippen LogP contribution in [-0.4, -0.2) is 68.0 Å². The van der Waals surface area contributed by atoms with Crippen molar-refractivity contribution in [1.29, 1.82) is 0 Å². The van der Waals surface area contributed by atoms with E-state index in [1.54, 1.807) is 48.5 Å². The molecule has 0 saturated carbocycles. The number of carbonyl (C=O) groups is 3. The first kappa shape index (κ1) is 62.1. The summed E-state index contributed by atoms with van der Waals surface area (Å²) in [7, 11) is 0. The van der Waals surface area contributed by atoms with E-state index in [9.17, 15) is 29.7 Å². The standard InChI is InChI=1S/C36H75N.C27H16Cl2N2O6/c1-4-7-10-13-16-19-22-25-28-31-34-37(35-32-29-26-23-20-17-14-11-8-5-2)36-33-30-27-24-21-18-15-12-9-6-3;28-18-5-1-14(2-6-18)22-20-21(24(32)30-22)23(15-3-7-19(29)8-4-15)31(25(20)33)12-13-9-16(26(34)35)11-17(10-13)27(36)37/h4-36H2,1-3H3;1-11,33H,12H2,(H,34,35)(H,36,37). The fourth-order valence-corrected chi connectivity index (χ4v) is 10.4. The van der Waals surface area contributed by atoms with Crippen LogP contribution in [0.1, 0.15) is 261 Å². The average molecular weight is 1060 g/mol. The van der Waals surface area contributed by atoms with E-state index in [1.165, 1.54) is 229 Å². The molecule has 0 fully saturated rings. The molecule has 1 aromatic heterocycles. The molecule has 408 valence electrons. The number of hydrogen-bond donors (Lipinski definition) is 3. The van der Waals surface area contributed by atoms with Crippen molar-refractivity contribution in [3.8, 4) is 17.1 Å². The van der Waals surface area contributed by atoms with Gasteiger partial charge in [0, 0.05) is 15.6 Å². The minimum atomic E-state index is -1.30. The van der Waals surface area contributed by atoms with Crippen LogP contribution in [0.4, 0.5) is 0 Å². The van der Waals surface area contributed by atoms with Crippen molar-refractivity contribution < 1.29 is 29.7 Å². The second kappa shape index (κ2) is 36.5. The number of unbranched alkanes of at least 4 members (excludes halogenated alkanes) is 27. The topological polar surface area (TPSA) is 132 Å². The number of hydrogen-bond acceptors (Lipinski definition) is 5. The molecule has 0 unspecified atom stereocenters. The van der Waals surface area contributed by atoms with E-state index in [4.69, 9.17) is 23.2 Å². The Morgan fingerprint density at radius 3 is 1.18 bits per heavy atom. The summed E-state index contributed by atoms with van der Waals surface area (Å²) in [5.41, 5.74) is 1.94. The Hall–Kier alpha value is -4.44. The molecule has 2 heterocycles. The van der Waals surface area contributed by atoms with Gasteiger partial charge in [0.05, 0.1) is 40.2 Å². The summed E-state index contributed by atoms with van der Waals surface area (Å²) in [5.74, 6) is -3.44. The lowest BCUT2D eigenvalue weighted by Crippen LogP contribution is -2.27. The number of carboxylic acid groups (broad SMARTS) is 2. The van der Waals surface area contributed by atoms with Gasteiger partial charge in [0.2, 0.25) is 5.88 Å². The lowest BCUT2D eigenvalue weighted by molar-refractivity contribution is 0.0696. The number of fused-ring (bicyclic) bond motifs is 1. The molecule has 0 aliphatic carbocycles. The van der Waals surface area contributed by atoms with E-state index < -0.39 is 17.8 Å². The molecule has 0 bridgehead atoms. The average Bonchev–Trinajstić information content (AvgIpc) is 3.88. The molecular formula is C63H91Cl2N3O6. The maximum atomic E-state index is 13.2. The second-order valence-electron chi connectivity index (χ2n) is 20.7. The summed E-state index contributed by atoms with van der Waals surface area (Å²) in [4.78, 5) is 43.4. The number of amides is 1. The van der Waals surface area contributed by atoms with Crippen molar-refractivity contribution in [2.75, 3.05) is 19.6 Å². The molecule has 0 saturated heterocycles. The first-order valence-electron chi connectivity index (χ1n) is 28.9. The molecule has 3 N–H and O–H groups in total. The van der Waals surface area contributed by atoms with E-state index in [0.29, 0.717) is 32.4 Å². The molecule has 0 spiro atoms. The lowest BCUT2D eigenvalue weighted by Gasteiger charge is -2.22. The van der Waals surface area contributed by atoms with Crippen LogP contribution >= 0.6 is 23.2 Å². The number of nitrogens with zero attached hydrogens (tertiary/aromatic N) is 3. The van der Waals surface area contributed by atoms with Gasteiger partial charge >= 0.3 is 11.9 Å². The first-order valence-corrected chi connectivity index (χ1v) is 29.7. The Labute approximate surface area is 455 Å². The first-order chi connectivity index (χ1) is 36.0. The maximum Gasteiger partial charge on any atom is 0.335 e. The lowest BCUT2D eigenvalue weighted by atomic mass is 10.0. The largest absolute Gasteiger partial charge is 0.494 e. The van der Waals surface area contributed by atoms with E-state index >= 15 is 0 Å². The Kier molecular flexibility index (Phi) is 30.7. The molecule has 5 rings (SSSR count). The summed E-state index contributed by atoms with van der Waals surface area (Å²) in [6.07, 6.45) is 43.6. The van der Waals surface area contributed by atoms with Crippen LogP contribution in [0.2, 0.25) is 10.0 Å². The van der Waals surface area contributed by atoms with Crippen molar-refractivity contribution >= 4 is 46.8 Å². The van der Waals surface area contributed by atoms with Gasteiger partial charge in [-0.2, -0.15) is 0 Å². The van der Waals surface area contributed by atoms with Gasteiger partial charge in [-0.25, -0.2) is 14.6 Å². The zero-order valence-corrected chi connectivity index (χ0v) is 47.1. The smallest absolute Gasteiger partial charge is 0.335 e. The van der Waals surface area contributed by atoms with E-state index in [1.807, 2.05) is 0 Å². The number of aromatic nitrogens is 1. The van der Waals surface area contributed by atoms with Gasteiger partial charge in [-0.1, -0.05) is 242 Å². The van der Waals surface area contributed by atoms with Gasteiger partial charge in [0.1, 0.15) is 0 Å². The van der Waals surface area contributed by atoms with E-state index in [-0.39, 0.29) is 40.4 Å². The van der Waals surface area contributed by atoms with Crippen LogP contribution in [0.3, 0.4) is 0 Å². The Balaban J connectivity index is 0.000000320. The van der Waals surface area contributed by atoms with Gasteiger partial charge in [-0.3, -0.25) is 4.79 Å². The van der Waals surface area contributed by atoms with Crippen LogP contribution in [0.15, 0.2) is 71.7 Å². The van der Waals surface area contributed by atoms with Crippen LogP contribution in [-0.2, 0) is 6.54 Å². The highest BCUT2D eigenvalue weighted by Crippen LogP contribution is 2.42. The second-order valence-corrected chi connectivity index (χ2v) is 21.6. The molecule has 0 atom stereocenters. The zero-order valence-electron chi connectivity index (χ0n) is 45.6. The molecule has 11 heteroatoms. The number of aromatic carboxylic acids is 2. The van der Waals surface area contributed by atoms with E-state index in [0.717, 1.165) is 6.07 Å². The van der Waals surface area contributed by atoms with Crippen LogP contribution in [0.5, 0.6) is 5.88 Å². The van der Waals surface area contributed by atoms with Crippen molar-refractivity contribution in [1.82, 2.24) is 9.47 Å². The van der Waals surface area contributed by atoms with Gasteiger partial charge in [-0.15, -0.1) is 0 Å². The summed E-state index contributed by atoms with van der Waals surface area (Å²) in [6, 6.07) is 16.9. The Morgan fingerprint density at radius 2 is 0.824 bits per heavy atom. The molecule has 1 amide bonds. The highest BCUT2D eigenvalue weighted by molar-refractivity contribution is 6.32. The number of benzene rings is 3. The molecule has 1 aliphatic heterocycles. The van der Waals surface area contributed by atoms with Crippen LogP contribution in [0.25, 0.3) is 11.3 Å². The molecule has 9 nitrogen and oxygen atoms in total. The SMILES string of the molecule is CCCCCCCCCCCCN(CCCCCCCCCCCC)CCCCCCCCCCCC.O=C(O)c1cc(Cn2c(O)c3c(c2-c2ccc(Cl)cc2)C(=O)N=C3c2ccc(Cl)cc2)cc(C(=O)O)c1. The fourth-order valence-electron chi connectivity index (χ4n) is 10.1. The third-order valence-electron chi connectivity index (χ3n) is 14.4. The molecule has 0 radical (unpaired) electrons. The minimum absolute atomic E-state index is 0.126. The van der Waals surface area contributed by atoms with Crippen LogP contribution < -0.4 is 0 Å². The molecule has 3 aromatic carbocycles. The number of aromatic hydroxyl groups is 1. The minimum Gasteiger partial charge on any atom is -0.494 e. The van der Waals surface area contributed by atoms with Crippen LogP contribution in [0, 0.1) is 0 Å². The molecule has 1 aliphatic rings. The Morgan fingerprint density at radius 1 is 0.486 bits per heavy atom. The van der Waals surface area contributed by atoms with Gasteiger partial charge in [-0.05, 0) is 92.5 Å². The zero-order chi connectivity index (χ0) is 53.3. The fraction of sp³-hybridized carbons (Fsp3) is 0.587. The van der Waals surface area contributed by atoms with E-state index in [2.05, 4.69) is 30.7 Å². The van der Waals surface area contributed by atoms with Crippen molar-refractivity contribution in [3.05, 3.63) is 110 Å². The third kappa shape index (κ3) is 22.4. The summed E-state index contributed by atoms with van der Waals surface area (Å²) >= 11 is 12.1. The normalized spacial score (nSPS) is 12.0. The van der Waals surface area contributed by atoms with Crippen molar-refractivity contribution in [2.24, 2.45) is 4.99 Å². The molecular weight excluding hydrogens is 966 g/mol. The molecule has 4 aromatic rings. The van der Waals surface area contributed by atoms with Gasteiger partial charge in [0.25, 0.3) is 5.91 Å². The Bertz CT molecular complexity index is 2180. The maximum absolute atomic E-state index is 13.2. The number of halogens is 2. The third-order valence-corrected chi connectivity index (χ3v) is 15.0. The quantitative estimate of drug-likeness (QED) is 0.0379. The predicted octanol–water partition coefficient (Wildman–Crippen LogP) is 18.7. The number of rotatable bonds is 39. The van der Waals surface area contributed by atoms with Crippen molar-refractivity contribution in [2.45, 2.75) is 220 Å². The monoisotopic (exact) mass is 1060 g/mol. The summed E-state index contributed by atoms with van der Waals surface area (Å²) in [6.45, 7) is 10.9. The molecule has 74 heavy (non-hydrogen) atoms. The van der Waals surface area contributed by atoms with Gasteiger partial charge in [0.15, 0.2) is 0 Å². The van der Waals surface area contributed by atoms with Gasteiger partial charge < -0.3 is 24.8 Å². The highest BCUT2D eigenvalue weighted by atomic mass is 35.5. The summed E-state index contributed by atoms with van der Waals surface area (Å²) in [5, 5.41) is 31.3. The summed E-state index contributed by atoms with van der Waals surface area (Å²) < 4.78 is 1.43. The number of aliphatic imine (C=N–C) groups is 1. The predicted molar refractivity (Wildman–Crippen MR) is 309 cm³/mol.